The van der Waals surface area contributed by atoms with E-state index in [4.69, 9.17) is 30.5 Å². The van der Waals surface area contributed by atoms with Crippen LogP contribution in [-0.4, -0.2) is 44.5 Å². The molecular formula is C24H32ClNO5. The lowest BCUT2D eigenvalue weighted by atomic mass is 10.1. The Bertz CT molecular complexity index is 823. The maximum atomic E-state index is 12.7. The van der Waals surface area contributed by atoms with Gasteiger partial charge in [-0.2, -0.15) is 0 Å². The van der Waals surface area contributed by atoms with Gasteiger partial charge in [-0.1, -0.05) is 17.7 Å². The molecule has 0 aliphatic heterocycles. The Morgan fingerprint density at radius 1 is 1.00 bits per heavy atom. The number of carbonyl (C=O) groups is 1. The zero-order valence-electron chi connectivity index (χ0n) is 18.8. The van der Waals surface area contributed by atoms with E-state index in [0.29, 0.717) is 35.2 Å². The Balaban J connectivity index is 1.90. The van der Waals surface area contributed by atoms with Crippen molar-refractivity contribution in [1.82, 2.24) is 5.32 Å². The topological polar surface area (TPSA) is 66.0 Å². The molecule has 0 heterocycles. The van der Waals surface area contributed by atoms with Crippen molar-refractivity contribution in [2.24, 2.45) is 0 Å². The van der Waals surface area contributed by atoms with Gasteiger partial charge in [0.2, 0.25) is 0 Å². The molecule has 7 heteroatoms. The number of halogens is 1. The molecule has 0 saturated carbocycles. The lowest BCUT2D eigenvalue weighted by Gasteiger charge is -2.20. The molecule has 1 amide bonds. The summed E-state index contributed by atoms with van der Waals surface area (Å²) in [6, 6.07) is 12.8. The highest BCUT2D eigenvalue weighted by Crippen LogP contribution is 2.29. The van der Waals surface area contributed by atoms with Crippen molar-refractivity contribution in [3.63, 3.8) is 0 Å². The van der Waals surface area contributed by atoms with Crippen LogP contribution in [0.1, 0.15) is 33.3 Å². The Labute approximate surface area is 189 Å². The van der Waals surface area contributed by atoms with E-state index in [9.17, 15) is 4.79 Å². The first-order valence-electron chi connectivity index (χ1n) is 10.4. The molecule has 0 radical (unpaired) electrons. The molecule has 0 aromatic heterocycles. The molecule has 0 unspecified atom stereocenters. The number of methoxy groups -OCH3 is 1. The molecular weight excluding hydrogens is 418 g/mol. The van der Waals surface area contributed by atoms with E-state index >= 15 is 0 Å². The second-order valence-electron chi connectivity index (χ2n) is 7.63. The van der Waals surface area contributed by atoms with Crippen molar-refractivity contribution in [3.05, 3.63) is 53.1 Å². The van der Waals surface area contributed by atoms with Crippen LogP contribution in [0.2, 0.25) is 5.02 Å². The normalized spacial score (nSPS) is 12.0. The van der Waals surface area contributed by atoms with Crippen LogP contribution in [-0.2, 0) is 16.0 Å². The van der Waals surface area contributed by atoms with Gasteiger partial charge in [0.25, 0.3) is 5.91 Å². The smallest absolute Gasteiger partial charge is 0.252 e. The number of carbonyl (C=O) groups excluding carboxylic acids is 1. The van der Waals surface area contributed by atoms with Crippen LogP contribution in [0, 0.1) is 0 Å². The molecule has 31 heavy (non-hydrogen) atoms. The average molecular weight is 450 g/mol. The molecule has 0 bridgehead atoms. The van der Waals surface area contributed by atoms with Gasteiger partial charge < -0.3 is 24.3 Å². The predicted molar refractivity (Wildman–Crippen MR) is 122 cm³/mol. The van der Waals surface area contributed by atoms with Gasteiger partial charge in [-0.05, 0) is 76.1 Å². The first-order valence-corrected chi connectivity index (χ1v) is 10.8. The van der Waals surface area contributed by atoms with E-state index in [0.717, 1.165) is 5.56 Å². The fraction of sp³-hybridized carbons (Fsp3) is 0.458. The van der Waals surface area contributed by atoms with Crippen molar-refractivity contribution < 1.29 is 23.7 Å². The number of rotatable bonds is 12. The van der Waals surface area contributed by atoms with Gasteiger partial charge in [-0.25, -0.2) is 0 Å². The number of amides is 1. The minimum atomic E-state index is -0.716. The van der Waals surface area contributed by atoms with E-state index in [2.05, 4.69) is 5.32 Å². The lowest BCUT2D eigenvalue weighted by molar-refractivity contribution is -0.137. The predicted octanol–water partition coefficient (Wildman–Crippen LogP) is 4.67. The molecule has 0 fully saturated rings. The molecule has 1 atom stereocenters. The molecule has 0 spiro atoms. The summed E-state index contributed by atoms with van der Waals surface area (Å²) in [4.78, 5) is 12.7. The van der Waals surface area contributed by atoms with E-state index in [-0.39, 0.29) is 24.7 Å². The Morgan fingerprint density at radius 3 is 2.32 bits per heavy atom. The zero-order valence-corrected chi connectivity index (χ0v) is 19.6. The van der Waals surface area contributed by atoms with Gasteiger partial charge in [0.15, 0.2) is 17.6 Å². The molecule has 2 rings (SSSR count). The molecule has 2 aromatic carbocycles. The van der Waals surface area contributed by atoms with Gasteiger partial charge in [-0.15, -0.1) is 0 Å². The summed E-state index contributed by atoms with van der Waals surface area (Å²) in [6.45, 7) is 8.28. The Morgan fingerprint density at radius 2 is 1.71 bits per heavy atom. The fourth-order valence-corrected chi connectivity index (χ4v) is 3.00. The number of ether oxygens (including phenoxy) is 4. The van der Waals surface area contributed by atoms with Crippen molar-refractivity contribution in [2.75, 3.05) is 20.3 Å². The van der Waals surface area contributed by atoms with Gasteiger partial charge >= 0.3 is 0 Å². The molecule has 1 N–H and O–H groups in total. The first-order chi connectivity index (χ1) is 14.8. The molecule has 6 nitrogen and oxygen atoms in total. The zero-order chi connectivity index (χ0) is 22.8. The summed E-state index contributed by atoms with van der Waals surface area (Å²) >= 11 is 5.89. The van der Waals surface area contributed by atoms with Crippen LogP contribution < -0.4 is 19.5 Å². The van der Waals surface area contributed by atoms with E-state index in [1.807, 2.05) is 45.9 Å². The van der Waals surface area contributed by atoms with Crippen molar-refractivity contribution in [1.29, 1.82) is 0 Å². The van der Waals surface area contributed by atoms with Gasteiger partial charge in [-0.3, -0.25) is 4.79 Å². The summed E-state index contributed by atoms with van der Waals surface area (Å²) in [5.41, 5.74) is 1.03. The van der Waals surface area contributed by atoms with Crippen LogP contribution >= 0.6 is 11.6 Å². The van der Waals surface area contributed by atoms with Crippen LogP contribution in [0.3, 0.4) is 0 Å². The minimum absolute atomic E-state index is 0.0621. The molecule has 170 valence electrons. The SMILES string of the molecule is COc1cc(CCNC(=O)[C@@H](COc2ccc(Cl)cc2)OC(C)C)ccc1OC(C)C. The highest BCUT2D eigenvalue weighted by Gasteiger charge is 2.21. The highest BCUT2D eigenvalue weighted by atomic mass is 35.5. The summed E-state index contributed by atoms with van der Waals surface area (Å²) in [7, 11) is 1.61. The Hall–Kier alpha value is -2.44. The second-order valence-corrected chi connectivity index (χ2v) is 8.07. The molecule has 2 aromatic rings. The number of hydrogen-bond acceptors (Lipinski definition) is 5. The third-order valence-electron chi connectivity index (χ3n) is 4.25. The van der Waals surface area contributed by atoms with Crippen LogP contribution in [0.5, 0.6) is 17.2 Å². The van der Waals surface area contributed by atoms with E-state index in [1.54, 1.807) is 31.4 Å². The molecule has 0 saturated heterocycles. The fourth-order valence-electron chi connectivity index (χ4n) is 2.87. The van der Waals surface area contributed by atoms with Gasteiger partial charge in [0, 0.05) is 11.6 Å². The van der Waals surface area contributed by atoms with Crippen LogP contribution in [0.15, 0.2) is 42.5 Å². The number of benzene rings is 2. The van der Waals surface area contributed by atoms with Crippen molar-refractivity contribution >= 4 is 17.5 Å². The quantitative estimate of drug-likeness (QED) is 0.510. The van der Waals surface area contributed by atoms with Crippen LogP contribution in [0.25, 0.3) is 0 Å². The Kier molecular flexibility index (Phi) is 9.95. The van der Waals surface area contributed by atoms with E-state index < -0.39 is 6.10 Å². The van der Waals surface area contributed by atoms with Gasteiger partial charge in [0.1, 0.15) is 12.4 Å². The highest BCUT2D eigenvalue weighted by molar-refractivity contribution is 6.30. The lowest BCUT2D eigenvalue weighted by Crippen LogP contribution is -2.42. The number of hydrogen-bond donors (Lipinski definition) is 1. The molecule has 0 aliphatic carbocycles. The first kappa shape index (κ1) is 24.8. The minimum Gasteiger partial charge on any atom is -0.493 e. The number of nitrogens with one attached hydrogen (secondary N) is 1. The second kappa shape index (κ2) is 12.4. The molecule has 0 aliphatic rings. The standard InChI is InChI=1S/C24H32ClNO5/c1-16(2)30-21-11-6-18(14-22(21)28-5)12-13-26-24(27)23(31-17(3)4)15-29-20-9-7-19(25)8-10-20/h6-11,14,16-17,23H,12-13,15H2,1-5H3,(H,26,27)/t23-/m1/s1. The summed E-state index contributed by atoms with van der Waals surface area (Å²) in [5, 5.41) is 3.55. The van der Waals surface area contributed by atoms with Crippen LogP contribution in [0.4, 0.5) is 0 Å². The van der Waals surface area contributed by atoms with Crippen molar-refractivity contribution in [3.8, 4) is 17.2 Å². The summed E-state index contributed by atoms with van der Waals surface area (Å²) in [6.07, 6.45) is -0.113. The third-order valence-corrected chi connectivity index (χ3v) is 4.50. The largest absolute Gasteiger partial charge is 0.493 e. The monoisotopic (exact) mass is 449 g/mol. The maximum Gasteiger partial charge on any atom is 0.252 e. The third kappa shape index (κ3) is 8.67. The van der Waals surface area contributed by atoms with Crippen molar-refractivity contribution in [2.45, 2.75) is 52.4 Å². The summed E-state index contributed by atoms with van der Waals surface area (Å²) in [5.74, 6) is 1.80. The maximum absolute atomic E-state index is 12.7. The summed E-state index contributed by atoms with van der Waals surface area (Å²) < 4.78 is 22.6. The average Bonchev–Trinajstić information content (AvgIpc) is 2.72. The van der Waals surface area contributed by atoms with E-state index in [1.165, 1.54) is 0 Å². The van der Waals surface area contributed by atoms with Gasteiger partial charge in [0.05, 0.1) is 19.3 Å².